The normalized spacial score (nSPS) is 23.0. The molecule has 0 aliphatic heterocycles. The molecule has 0 aromatic heterocycles. The minimum Gasteiger partial charge on any atom is -0.399 e. The monoisotopic (exact) mass is 282 g/mol. The summed E-state index contributed by atoms with van der Waals surface area (Å²) in [5.41, 5.74) is 7.00. The summed E-state index contributed by atoms with van der Waals surface area (Å²) in [5, 5.41) is 3.14. The van der Waals surface area contributed by atoms with Crippen molar-refractivity contribution < 1.29 is 4.79 Å². The van der Waals surface area contributed by atoms with Crippen LogP contribution in [0, 0.1) is 5.92 Å². The van der Waals surface area contributed by atoms with Crippen molar-refractivity contribution in [2.75, 3.05) is 5.73 Å². The first-order valence-electron chi connectivity index (χ1n) is 6.81. The summed E-state index contributed by atoms with van der Waals surface area (Å²) in [6, 6.07) is 7.43. The maximum atomic E-state index is 12.1. The van der Waals surface area contributed by atoms with Crippen molar-refractivity contribution in [1.29, 1.82) is 0 Å². The van der Waals surface area contributed by atoms with Crippen LogP contribution in [0.5, 0.6) is 0 Å². The number of nitrogen functional groups attached to an aromatic ring is 1. The number of halogens is 1. The van der Waals surface area contributed by atoms with Crippen LogP contribution in [0.3, 0.4) is 0 Å². The van der Waals surface area contributed by atoms with E-state index in [9.17, 15) is 4.79 Å². The number of rotatable bonds is 2. The van der Waals surface area contributed by atoms with Gasteiger partial charge in [0.1, 0.15) is 0 Å². The summed E-state index contributed by atoms with van der Waals surface area (Å²) in [5.74, 6) is 0.818. The molecule has 4 heteroatoms. The summed E-state index contributed by atoms with van der Waals surface area (Å²) in [6.45, 7) is 2.30. The van der Waals surface area contributed by atoms with Crippen LogP contribution in [-0.4, -0.2) is 11.9 Å². The Hall–Kier alpha value is -1.22. The van der Waals surface area contributed by atoms with E-state index in [-0.39, 0.29) is 18.3 Å². The quantitative estimate of drug-likeness (QED) is 0.645. The molecule has 0 saturated heterocycles. The molecule has 2 rings (SSSR count). The van der Waals surface area contributed by atoms with Gasteiger partial charge in [0.2, 0.25) is 0 Å². The van der Waals surface area contributed by atoms with E-state index in [1.807, 2.05) is 0 Å². The molecule has 1 aliphatic rings. The van der Waals surface area contributed by atoms with Crippen LogP contribution in [0.2, 0.25) is 0 Å². The summed E-state index contributed by atoms with van der Waals surface area (Å²) in [6.07, 6.45) is 5.92. The van der Waals surface area contributed by atoms with Gasteiger partial charge in [0, 0.05) is 17.3 Å². The predicted molar refractivity (Wildman–Crippen MR) is 81.6 cm³/mol. The third-order valence-corrected chi connectivity index (χ3v) is 3.77. The van der Waals surface area contributed by atoms with Gasteiger partial charge < -0.3 is 11.1 Å². The lowest BCUT2D eigenvalue weighted by molar-refractivity contribution is 0.0933. The molecule has 1 aromatic carbocycles. The highest BCUT2D eigenvalue weighted by Crippen LogP contribution is 2.22. The van der Waals surface area contributed by atoms with Crippen molar-refractivity contribution in [3.63, 3.8) is 0 Å². The summed E-state index contributed by atoms with van der Waals surface area (Å²) in [7, 11) is 0. The molecule has 0 spiro atoms. The number of hydrogen-bond acceptors (Lipinski definition) is 2. The Morgan fingerprint density at radius 1 is 1.16 bits per heavy atom. The molecule has 0 heterocycles. The van der Waals surface area contributed by atoms with Crippen molar-refractivity contribution in [2.45, 2.75) is 45.1 Å². The molecule has 3 nitrogen and oxygen atoms in total. The molecule has 106 valence electrons. The van der Waals surface area contributed by atoms with Crippen LogP contribution in [-0.2, 0) is 0 Å². The van der Waals surface area contributed by atoms with Gasteiger partial charge in [-0.05, 0) is 49.4 Å². The van der Waals surface area contributed by atoms with Gasteiger partial charge in [-0.1, -0.05) is 19.8 Å². The predicted octanol–water partition coefficient (Wildman–Crippen LogP) is 3.39. The maximum Gasteiger partial charge on any atom is 0.251 e. The number of carbonyl (C=O) groups excluding carboxylic acids is 1. The van der Waals surface area contributed by atoms with E-state index in [2.05, 4.69) is 12.2 Å². The number of carbonyl (C=O) groups is 1. The number of hydrogen-bond donors (Lipinski definition) is 2. The zero-order valence-electron chi connectivity index (χ0n) is 11.4. The smallest absolute Gasteiger partial charge is 0.251 e. The van der Waals surface area contributed by atoms with Crippen molar-refractivity contribution in [1.82, 2.24) is 5.32 Å². The molecule has 1 saturated carbocycles. The molecule has 1 fully saturated rings. The molecule has 2 atom stereocenters. The molecule has 2 unspecified atom stereocenters. The van der Waals surface area contributed by atoms with Gasteiger partial charge in [-0.3, -0.25) is 4.79 Å². The third-order valence-electron chi connectivity index (χ3n) is 3.77. The third kappa shape index (κ3) is 4.75. The Kier molecular flexibility index (Phi) is 6.16. The second-order valence-electron chi connectivity index (χ2n) is 5.41. The van der Waals surface area contributed by atoms with E-state index in [4.69, 9.17) is 5.73 Å². The highest BCUT2D eigenvalue weighted by Gasteiger charge is 2.18. The van der Waals surface area contributed by atoms with Crippen molar-refractivity contribution >= 4 is 24.0 Å². The van der Waals surface area contributed by atoms with Gasteiger partial charge >= 0.3 is 0 Å². The fraction of sp³-hybridized carbons (Fsp3) is 0.533. The number of nitrogens with two attached hydrogens (primary N) is 1. The molecule has 0 radical (unpaired) electrons. The van der Waals surface area contributed by atoms with Crippen molar-refractivity contribution in [3.8, 4) is 0 Å². The summed E-state index contributed by atoms with van der Waals surface area (Å²) in [4.78, 5) is 12.1. The Balaban J connectivity index is 0.00000180. The van der Waals surface area contributed by atoms with E-state index < -0.39 is 0 Å². The molecule has 19 heavy (non-hydrogen) atoms. The fourth-order valence-corrected chi connectivity index (χ4v) is 2.53. The van der Waals surface area contributed by atoms with Gasteiger partial charge in [-0.15, -0.1) is 12.4 Å². The minimum atomic E-state index is 0. The molecular weight excluding hydrogens is 260 g/mol. The van der Waals surface area contributed by atoms with Gasteiger partial charge in [0.05, 0.1) is 0 Å². The van der Waals surface area contributed by atoms with E-state index in [1.165, 1.54) is 19.3 Å². The number of amides is 1. The molecular formula is C15H23ClN2O. The molecule has 1 aromatic rings. The van der Waals surface area contributed by atoms with E-state index in [1.54, 1.807) is 24.3 Å². The lowest BCUT2D eigenvalue weighted by Crippen LogP contribution is -2.34. The second kappa shape index (κ2) is 7.39. The van der Waals surface area contributed by atoms with E-state index in [0.717, 1.165) is 18.8 Å². The average molecular weight is 283 g/mol. The van der Waals surface area contributed by atoms with Crippen molar-refractivity contribution in [3.05, 3.63) is 29.8 Å². The number of anilines is 1. The molecule has 0 bridgehead atoms. The Bertz CT molecular complexity index is 405. The largest absolute Gasteiger partial charge is 0.399 e. The van der Waals surface area contributed by atoms with E-state index in [0.29, 0.717) is 17.3 Å². The van der Waals surface area contributed by atoms with Gasteiger partial charge in [0.15, 0.2) is 0 Å². The average Bonchev–Trinajstić information content (AvgIpc) is 2.55. The number of nitrogens with one attached hydrogen (secondary N) is 1. The highest BCUT2D eigenvalue weighted by molar-refractivity contribution is 5.94. The zero-order valence-corrected chi connectivity index (χ0v) is 12.2. The van der Waals surface area contributed by atoms with Gasteiger partial charge in [0.25, 0.3) is 5.91 Å². The Morgan fingerprint density at radius 3 is 2.53 bits per heavy atom. The van der Waals surface area contributed by atoms with Gasteiger partial charge in [-0.25, -0.2) is 0 Å². The standard InChI is InChI=1S/C15H22N2O.ClH/c1-11-3-2-4-14(10-5-11)17-15(18)12-6-8-13(16)9-7-12;/h6-9,11,14H,2-5,10,16H2,1H3,(H,17,18);1H. The Labute approximate surface area is 121 Å². The van der Waals surface area contributed by atoms with Crippen LogP contribution >= 0.6 is 12.4 Å². The summed E-state index contributed by atoms with van der Waals surface area (Å²) >= 11 is 0. The molecule has 1 amide bonds. The Morgan fingerprint density at radius 2 is 1.84 bits per heavy atom. The fourth-order valence-electron chi connectivity index (χ4n) is 2.53. The lowest BCUT2D eigenvalue weighted by Gasteiger charge is -2.16. The van der Waals surface area contributed by atoms with Crippen LogP contribution < -0.4 is 11.1 Å². The van der Waals surface area contributed by atoms with Crippen LogP contribution in [0.1, 0.15) is 49.4 Å². The first-order chi connectivity index (χ1) is 8.65. The SMILES string of the molecule is CC1CCCC(NC(=O)c2ccc(N)cc2)CC1.Cl. The first-order valence-corrected chi connectivity index (χ1v) is 6.81. The van der Waals surface area contributed by atoms with Crippen LogP contribution in [0.4, 0.5) is 5.69 Å². The van der Waals surface area contributed by atoms with Crippen LogP contribution in [0.25, 0.3) is 0 Å². The second-order valence-corrected chi connectivity index (χ2v) is 5.41. The maximum absolute atomic E-state index is 12.1. The highest BCUT2D eigenvalue weighted by atomic mass is 35.5. The van der Waals surface area contributed by atoms with Gasteiger partial charge in [-0.2, -0.15) is 0 Å². The first kappa shape index (κ1) is 15.8. The van der Waals surface area contributed by atoms with E-state index >= 15 is 0 Å². The number of benzene rings is 1. The lowest BCUT2D eigenvalue weighted by atomic mass is 10.0. The van der Waals surface area contributed by atoms with Crippen LogP contribution in [0.15, 0.2) is 24.3 Å². The van der Waals surface area contributed by atoms with Crippen molar-refractivity contribution in [2.24, 2.45) is 5.92 Å². The summed E-state index contributed by atoms with van der Waals surface area (Å²) < 4.78 is 0. The molecule has 1 aliphatic carbocycles. The zero-order chi connectivity index (χ0) is 13.0. The topological polar surface area (TPSA) is 55.1 Å². The minimum absolute atomic E-state index is 0. The molecule has 3 N–H and O–H groups in total.